The molecular formula is C29H36ClNO3. The zero-order chi connectivity index (χ0) is 24.8. The van der Waals surface area contributed by atoms with E-state index in [1.165, 1.54) is 37.0 Å². The largest absolute Gasteiger partial charge is 0.474 e. The predicted molar refractivity (Wildman–Crippen MR) is 139 cm³/mol. The number of unbranched alkanes of at least 4 members (excludes halogenated alkanes) is 6. The molecule has 0 heterocycles. The van der Waals surface area contributed by atoms with E-state index in [0.29, 0.717) is 24.4 Å². The zero-order valence-corrected chi connectivity index (χ0v) is 21.1. The van der Waals surface area contributed by atoms with Crippen molar-refractivity contribution in [3.05, 3.63) is 70.2 Å². The molecule has 0 aliphatic rings. The summed E-state index contributed by atoms with van der Waals surface area (Å²) in [5.74, 6) is 4.13. The summed E-state index contributed by atoms with van der Waals surface area (Å²) in [7, 11) is 0. The summed E-state index contributed by atoms with van der Waals surface area (Å²) in [5, 5.41) is 10.0. The van der Waals surface area contributed by atoms with Gasteiger partial charge in [-0.1, -0.05) is 93.7 Å². The first-order chi connectivity index (χ1) is 16.5. The van der Waals surface area contributed by atoms with Gasteiger partial charge in [0.05, 0.1) is 6.04 Å². The van der Waals surface area contributed by atoms with Gasteiger partial charge in [0.1, 0.15) is 0 Å². The van der Waals surface area contributed by atoms with Crippen LogP contribution in [0, 0.1) is 11.8 Å². The lowest BCUT2D eigenvalue weighted by atomic mass is 10.00. The van der Waals surface area contributed by atoms with Crippen molar-refractivity contribution < 1.29 is 14.7 Å². The van der Waals surface area contributed by atoms with Crippen molar-refractivity contribution in [2.24, 2.45) is 0 Å². The Morgan fingerprint density at radius 2 is 1.71 bits per heavy atom. The average Bonchev–Trinajstić information content (AvgIpc) is 2.83. The molecule has 1 N–H and O–H groups in total. The van der Waals surface area contributed by atoms with Crippen LogP contribution in [-0.4, -0.2) is 28.4 Å². The summed E-state index contributed by atoms with van der Waals surface area (Å²) in [5.41, 5.74) is 2.80. The Morgan fingerprint density at radius 3 is 2.35 bits per heavy atom. The van der Waals surface area contributed by atoms with Crippen LogP contribution < -0.4 is 0 Å². The van der Waals surface area contributed by atoms with E-state index in [9.17, 15) is 14.7 Å². The summed E-state index contributed by atoms with van der Waals surface area (Å²) < 4.78 is 0. The second-order valence-electron chi connectivity index (χ2n) is 8.55. The van der Waals surface area contributed by atoms with Gasteiger partial charge < -0.3 is 10.0 Å². The van der Waals surface area contributed by atoms with Crippen LogP contribution in [-0.2, 0) is 16.0 Å². The van der Waals surface area contributed by atoms with Gasteiger partial charge in [-0.15, -0.1) is 0 Å². The molecule has 5 heteroatoms. The Labute approximate surface area is 209 Å². The summed E-state index contributed by atoms with van der Waals surface area (Å²) in [6, 6.07) is 14.9. The van der Waals surface area contributed by atoms with E-state index in [-0.39, 0.29) is 6.04 Å². The molecule has 0 fully saturated rings. The van der Waals surface area contributed by atoms with E-state index in [4.69, 9.17) is 11.6 Å². The lowest BCUT2D eigenvalue weighted by Crippen LogP contribution is -2.40. The van der Waals surface area contributed by atoms with Crippen molar-refractivity contribution in [1.29, 1.82) is 0 Å². The topological polar surface area (TPSA) is 57.6 Å². The van der Waals surface area contributed by atoms with Gasteiger partial charge in [-0.05, 0) is 54.7 Å². The number of carboxylic acids is 1. The van der Waals surface area contributed by atoms with Crippen molar-refractivity contribution in [3.8, 4) is 11.8 Å². The van der Waals surface area contributed by atoms with Gasteiger partial charge >= 0.3 is 11.9 Å². The number of rotatable bonds is 12. The third kappa shape index (κ3) is 9.23. The first-order valence-electron chi connectivity index (χ1n) is 12.3. The Kier molecular flexibility index (Phi) is 12.3. The summed E-state index contributed by atoms with van der Waals surface area (Å²) in [6.45, 7) is 4.48. The molecule has 1 unspecified atom stereocenters. The standard InChI is InChI=1S/C29H36ClNO3/c1-3-5-6-7-8-9-10-11-13-23-16-18-25(19-17-23)27(4-2)31(28(32)29(33)34)21-20-24-14-12-15-26(30)22-24/h12,14-19,22,27H,3-10,20-21H2,1-2H3,(H,33,34). The number of amides is 1. The van der Waals surface area contributed by atoms with Gasteiger partial charge in [-0.2, -0.15) is 0 Å². The Morgan fingerprint density at radius 1 is 1.00 bits per heavy atom. The van der Waals surface area contributed by atoms with Gasteiger partial charge in [-0.25, -0.2) is 4.79 Å². The highest BCUT2D eigenvalue weighted by atomic mass is 35.5. The molecule has 0 saturated heterocycles. The minimum Gasteiger partial charge on any atom is -0.474 e. The monoisotopic (exact) mass is 481 g/mol. The maximum atomic E-state index is 12.5. The first kappa shape index (κ1) is 27.5. The SMILES string of the molecule is CCCCCCCCC#Cc1ccc(C(CC)N(CCc2cccc(Cl)c2)C(=O)C(=O)O)cc1. The number of benzene rings is 2. The third-order valence-corrected chi connectivity index (χ3v) is 6.16. The average molecular weight is 482 g/mol. The number of aliphatic carboxylic acids is 1. The van der Waals surface area contributed by atoms with Crippen LogP contribution in [0.5, 0.6) is 0 Å². The molecule has 0 aliphatic carbocycles. The molecule has 1 atom stereocenters. The fourth-order valence-corrected chi connectivity index (χ4v) is 4.26. The number of carbonyl (C=O) groups is 2. The van der Waals surface area contributed by atoms with Crippen LogP contribution in [0.25, 0.3) is 0 Å². The van der Waals surface area contributed by atoms with E-state index in [0.717, 1.165) is 29.5 Å². The smallest absolute Gasteiger partial charge is 0.394 e. The van der Waals surface area contributed by atoms with E-state index < -0.39 is 11.9 Å². The lowest BCUT2D eigenvalue weighted by molar-refractivity contribution is -0.157. The molecule has 1 amide bonds. The van der Waals surface area contributed by atoms with Gasteiger partial charge in [0.25, 0.3) is 0 Å². The highest BCUT2D eigenvalue weighted by Gasteiger charge is 2.28. The lowest BCUT2D eigenvalue weighted by Gasteiger charge is -2.30. The van der Waals surface area contributed by atoms with Gasteiger partial charge in [0, 0.05) is 23.6 Å². The highest BCUT2D eigenvalue weighted by molar-refractivity contribution is 6.31. The van der Waals surface area contributed by atoms with Crippen molar-refractivity contribution in [1.82, 2.24) is 4.90 Å². The molecule has 0 bridgehead atoms. The van der Waals surface area contributed by atoms with Crippen molar-refractivity contribution in [3.63, 3.8) is 0 Å². The molecule has 4 nitrogen and oxygen atoms in total. The van der Waals surface area contributed by atoms with Crippen molar-refractivity contribution in [2.75, 3.05) is 6.54 Å². The van der Waals surface area contributed by atoms with Crippen LogP contribution in [0.4, 0.5) is 0 Å². The van der Waals surface area contributed by atoms with E-state index in [1.807, 2.05) is 49.4 Å². The maximum absolute atomic E-state index is 12.5. The number of halogens is 1. The maximum Gasteiger partial charge on any atom is 0.394 e. The number of nitrogens with zero attached hydrogens (tertiary/aromatic N) is 1. The molecule has 2 aromatic rings. The molecule has 0 aromatic heterocycles. The molecule has 34 heavy (non-hydrogen) atoms. The fourth-order valence-electron chi connectivity index (χ4n) is 4.05. The van der Waals surface area contributed by atoms with Gasteiger partial charge in [0.2, 0.25) is 0 Å². The molecular weight excluding hydrogens is 446 g/mol. The first-order valence-corrected chi connectivity index (χ1v) is 12.7. The van der Waals surface area contributed by atoms with Crippen LogP contribution in [0.2, 0.25) is 5.02 Å². The molecule has 2 rings (SSSR count). The molecule has 0 spiro atoms. The summed E-state index contributed by atoms with van der Waals surface area (Å²) in [6.07, 6.45) is 9.56. The minimum absolute atomic E-state index is 0.295. The second kappa shape index (κ2) is 15.2. The molecule has 0 aliphatic heterocycles. The van der Waals surface area contributed by atoms with E-state index >= 15 is 0 Å². The zero-order valence-electron chi connectivity index (χ0n) is 20.4. The number of hydrogen-bond acceptors (Lipinski definition) is 2. The molecule has 0 saturated carbocycles. The summed E-state index contributed by atoms with van der Waals surface area (Å²) in [4.78, 5) is 25.5. The fraction of sp³-hybridized carbons (Fsp3) is 0.448. The van der Waals surface area contributed by atoms with Crippen LogP contribution in [0.1, 0.15) is 87.9 Å². The molecule has 2 aromatic carbocycles. The Hall–Kier alpha value is -2.77. The summed E-state index contributed by atoms with van der Waals surface area (Å²) >= 11 is 6.07. The highest BCUT2D eigenvalue weighted by Crippen LogP contribution is 2.25. The number of carbonyl (C=O) groups excluding carboxylic acids is 1. The molecule has 0 radical (unpaired) electrons. The number of hydrogen-bond donors (Lipinski definition) is 1. The van der Waals surface area contributed by atoms with Gasteiger partial charge in [-0.3, -0.25) is 4.79 Å². The van der Waals surface area contributed by atoms with Gasteiger partial charge in [0.15, 0.2) is 0 Å². The number of carboxylic acid groups (broad SMARTS) is 1. The van der Waals surface area contributed by atoms with E-state index in [1.54, 1.807) is 6.07 Å². The van der Waals surface area contributed by atoms with Crippen LogP contribution >= 0.6 is 11.6 Å². The van der Waals surface area contributed by atoms with E-state index in [2.05, 4.69) is 18.8 Å². The minimum atomic E-state index is -1.44. The quantitative estimate of drug-likeness (QED) is 0.201. The van der Waals surface area contributed by atoms with Crippen LogP contribution in [0.3, 0.4) is 0 Å². The second-order valence-corrected chi connectivity index (χ2v) is 8.99. The van der Waals surface area contributed by atoms with Crippen molar-refractivity contribution in [2.45, 2.75) is 77.7 Å². The van der Waals surface area contributed by atoms with Crippen molar-refractivity contribution >= 4 is 23.5 Å². The predicted octanol–water partition coefficient (Wildman–Crippen LogP) is 7.05. The normalized spacial score (nSPS) is 11.4. The molecule has 182 valence electrons. The Balaban J connectivity index is 2.03. The van der Waals surface area contributed by atoms with Crippen LogP contribution in [0.15, 0.2) is 48.5 Å². The third-order valence-electron chi connectivity index (χ3n) is 5.92. The Bertz CT molecular complexity index is 975.